The summed E-state index contributed by atoms with van der Waals surface area (Å²) in [5.41, 5.74) is 1.07. The van der Waals surface area contributed by atoms with Crippen molar-refractivity contribution in [3.8, 4) is 5.75 Å². The van der Waals surface area contributed by atoms with Crippen LogP contribution in [0, 0.1) is 11.7 Å². The Kier molecular flexibility index (Phi) is 6.90. The second-order valence-corrected chi connectivity index (χ2v) is 8.43. The molecule has 156 valence electrons. The van der Waals surface area contributed by atoms with Crippen molar-refractivity contribution < 1.29 is 18.7 Å². The van der Waals surface area contributed by atoms with Crippen LogP contribution in [-0.4, -0.2) is 47.9 Å². The van der Waals surface area contributed by atoms with Crippen LogP contribution in [0.1, 0.15) is 37.3 Å². The normalized spacial score (nSPS) is 15.9. The average molecular weight is 419 g/mol. The molecule has 0 spiro atoms. The number of amides is 2. The Morgan fingerprint density at radius 1 is 1.34 bits per heavy atom. The van der Waals surface area contributed by atoms with Gasteiger partial charge in [-0.2, -0.15) is 0 Å². The van der Waals surface area contributed by atoms with E-state index in [9.17, 15) is 14.0 Å². The van der Waals surface area contributed by atoms with Gasteiger partial charge in [-0.3, -0.25) is 9.59 Å². The van der Waals surface area contributed by atoms with Crippen molar-refractivity contribution in [3.05, 3.63) is 52.0 Å². The Labute approximate surface area is 175 Å². The average Bonchev–Trinajstić information content (AvgIpc) is 3.18. The maximum absolute atomic E-state index is 13.5. The minimum Gasteiger partial charge on any atom is -0.491 e. The lowest BCUT2D eigenvalue weighted by Gasteiger charge is -2.37. The van der Waals surface area contributed by atoms with Crippen LogP contribution >= 0.6 is 11.3 Å². The first kappa shape index (κ1) is 21.3. The van der Waals surface area contributed by atoms with E-state index < -0.39 is 0 Å². The third-order valence-electron chi connectivity index (χ3n) is 5.13. The molecule has 2 aromatic rings. The molecule has 0 radical (unpaired) electrons. The number of hydrogen-bond acceptors (Lipinski definition) is 4. The van der Waals surface area contributed by atoms with Gasteiger partial charge < -0.3 is 14.5 Å². The van der Waals surface area contributed by atoms with E-state index in [0.717, 1.165) is 12.0 Å². The van der Waals surface area contributed by atoms with E-state index in [1.165, 1.54) is 17.0 Å². The molecule has 1 aliphatic rings. The number of rotatable bonds is 7. The summed E-state index contributed by atoms with van der Waals surface area (Å²) < 4.78 is 19.3. The SMILES string of the molecule is CCN(CC(=O)N1CCc2sccc2[C@@H]1COc1cccc(F)c1)C(=O)C(C)C. The number of thiophene rings is 1. The quantitative estimate of drug-likeness (QED) is 0.685. The van der Waals surface area contributed by atoms with Crippen molar-refractivity contribution in [1.82, 2.24) is 9.80 Å². The van der Waals surface area contributed by atoms with E-state index in [4.69, 9.17) is 4.74 Å². The van der Waals surface area contributed by atoms with E-state index >= 15 is 0 Å². The Morgan fingerprint density at radius 2 is 2.14 bits per heavy atom. The van der Waals surface area contributed by atoms with Crippen molar-refractivity contribution >= 4 is 23.2 Å². The fourth-order valence-corrected chi connectivity index (χ4v) is 4.50. The standard InChI is InChI=1S/C22H27FN2O3S/c1-4-24(22(27)15(2)3)13-21(26)25-10-8-20-18(9-11-29-20)19(25)14-28-17-7-5-6-16(23)12-17/h5-7,9,11-12,15,19H,4,8,10,13-14H2,1-3H3/t19-/m0/s1. The van der Waals surface area contributed by atoms with Gasteiger partial charge in [0.1, 0.15) is 18.2 Å². The first-order valence-electron chi connectivity index (χ1n) is 9.93. The minimum atomic E-state index is -0.360. The molecule has 29 heavy (non-hydrogen) atoms. The van der Waals surface area contributed by atoms with E-state index in [-0.39, 0.29) is 42.7 Å². The molecule has 0 saturated carbocycles. The number of halogens is 1. The molecule has 0 fully saturated rings. The molecule has 0 unspecified atom stereocenters. The molecule has 1 atom stereocenters. The van der Waals surface area contributed by atoms with E-state index in [1.54, 1.807) is 33.3 Å². The Morgan fingerprint density at radius 3 is 2.83 bits per heavy atom. The molecular formula is C22H27FN2O3S. The summed E-state index contributed by atoms with van der Waals surface area (Å²) in [5.74, 6) is -0.196. The summed E-state index contributed by atoms with van der Waals surface area (Å²) in [7, 11) is 0. The third-order valence-corrected chi connectivity index (χ3v) is 6.13. The zero-order valence-corrected chi connectivity index (χ0v) is 17.9. The minimum absolute atomic E-state index is 0.0263. The fourth-order valence-electron chi connectivity index (χ4n) is 3.57. The van der Waals surface area contributed by atoms with Crippen LogP contribution in [0.15, 0.2) is 35.7 Å². The van der Waals surface area contributed by atoms with Crippen LogP contribution in [0.2, 0.25) is 0 Å². The number of nitrogens with zero attached hydrogens (tertiary/aromatic N) is 2. The molecule has 2 heterocycles. The van der Waals surface area contributed by atoms with Gasteiger partial charge in [-0.25, -0.2) is 4.39 Å². The lowest BCUT2D eigenvalue weighted by molar-refractivity contribution is -0.144. The number of benzene rings is 1. The number of carbonyl (C=O) groups excluding carboxylic acids is 2. The van der Waals surface area contributed by atoms with Crippen LogP contribution in [0.5, 0.6) is 5.75 Å². The van der Waals surface area contributed by atoms with E-state index in [1.807, 2.05) is 32.2 Å². The predicted octanol–water partition coefficient (Wildman–Crippen LogP) is 3.90. The van der Waals surface area contributed by atoms with Gasteiger partial charge in [0.15, 0.2) is 0 Å². The number of hydrogen-bond donors (Lipinski definition) is 0. The molecule has 5 nitrogen and oxygen atoms in total. The summed E-state index contributed by atoms with van der Waals surface area (Å²) in [4.78, 5) is 30.1. The van der Waals surface area contributed by atoms with E-state index in [2.05, 4.69) is 0 Å². The van der Waals surface area contributed by atoms with Crippen molar-refractivity contribution in [2.45, 2.75) is 33.2 Å². The van der Waals surface area contributed by atoms with Gasteiger partial charge in [0.25, 0.3) is 0 Å². The maximum Gasteiger partial charge on any atom is 0.242 e. The van der Waals surface area contributed by atoms with Gasteiger partial charge in [0, 0.05) is 30.0 Å². The van der Waals surface area contributed by atoms with Gasteiger partial charge in [0.05, 0.1) is 12.6 Å². The highest BCUT2D eigenvalue weighted by molar-refractivity contribution is 7.10. The number of carbonyl (C=O) groups is 2. The fraction of sp³-hybridized carbons (Fsp3) is 0.455. The number of ether oxygens (including phenoxy) is 1. The summed E-state index contributed by atoms with van der Waals surface area (Å²) in [6, 6.07) is 7.77. The Balaban J connectivity index is 1.77. The summed E-state index contributed by atoms with van der Waals surface area (Å²) in [5, 5.41) is 2.02. The highest BCUT2D eigenvalue weighted by Gasteiger charge is 2.33. The monoisotopic (exact) mass is 418 g/mol. The van der Waals surface area contributed by atoms with Gasteiger partial charge in [-0.1, -0.05) is 19.9 Å². The topological polar surface area (TPSA) is 49.9 Å². The third kappa shape index (κ3) is 4.96. The highest BCUT2D eigenvalue weighted by Crippen LogP contribution is 2.34. The molecule has 1 aromatic heterocycles. The first-order valence-corrected chi connectivity index (χ1v) is 10.8. The maximum atomic E-state index is 13.5. The van der Waals surface area contributed by atoms with Gasteiger partial charge in [0.2, 0.25) is 11.8 Å². The molecule has 1 aromatic carbocycles. The smallest absolute Gasteiger partial charge is 0.242 e. The number of likely N-dealkylation sites (N-methyl/N-ethyl adjacent to an activating group) is 1. The lowest BCUT2D eigenvalue weighted by atomic mass is 10.0. The molecule has 7 heteroatoms. The van der Waals surface area contributed by atoms with Crippen molar-refractivity contribution in [2.75, 3.05) is 26.2 Å². The van der Waals surface area contributed by atoms with Crippen molar-refractivity contribution in [3.63, 3.8) is 0 Å². The molecule has 3 rings (SSSR count). The van der Waals surface area contributed by atoms with Gasteiger partial charge in [-0.05, 0) is 42.5 Å². The first-order chi connectivity index (χ1) is 13.9. The van der Waals surface area contributed by atoms with Gasteiger partial charge in [-0.15, -0.1) is 11.3 Å². The van der Waals surface area contributed by atoms with Crippen LogP contribution in [0.4, 0.5) is 4.39 Å². The predicted molar refractivity (Wildman–Crippen MR) is 111 cm³/mol. The van der Waals surface area contributed by atoms with Gasteiger partial charge >= 0.3 is 0 Å². The van der Waals surface area contributed by atoms with Crippen LogP contribution in [0.3, 0.4) is 0 Å². The zero-order chi connectivity index (χ0) is 21.0. The second kappa shape index (κ2) is 9.39. The Hall–Kier alpha value is -2.41. The molecular weight excluding hydrogens is 391 g/mol. The van der Waals surface area contributed by atoms with Crippen LogP contribution in [0.25, 0.3) is 0 Å². The Bertz CT molecular complexity index is 867. The molecule has 0 bridgehead atoms. The summed E-state index contributed by atoms with van der Waals surface area (Å²) >= 11 is 1.68. The second-order valence-electron chi connectivity index (χ2n) is 7.43. The highest BCUT2D eigenvalue weighted by atomic mass is 32.1. The summed E-state index contributed by atoms with van der Waals surface area (Å²) in [6.45, 7) is 6.92. The molecule has 0 saturated heterocycles. The molecule has 0 aliphatic carbocycles. The molecule has 1 aliphatic heterocycles. The van der Waals surface area contributed by atoms with Crippen molar-refractivity contribution in [1.29, 1.82) is 0 Å². The van der Waals surface area contributed by atoms with Crippen LogP contribution < -0.4 is 4.74 Å². The lowest BCUT2D eigenvalue weighted by Crippen LogP contribution is -2.48. The van der Waals surface area contributed by atoms with Crippen LogP contribution in [-0.2, 0) is 16.0 Å². The largest absolute Gasteiger partial charge is 0.491 e. The number of fused-ring (bicyclic) bond motifs is 1. The molecule has 0 N–H and O–H groups in total. The van der Waals surface area contributed by atoms with E-state index in [0.29, 0.717) is 18.8 Å². The zero-order valence-electron chi connectivity index (χ0n) is 17.1. The van der Waals surface area contributed by atoms with Crippen molar-refractivity contribution in [2.24, 2.45) is 5.92 Å². The molecule has 2 amide bonds. The summed E-state index contributed by atoms with van der Waals surface area (Å²) in [6.07, 6.45) is 0.791.